The average Bonchev–Trinajstić information content (AvgIpc) is 2.19. The summed E-state index contributed by atoms with van der Waals surface area (Å²) < 4.78 is 0. The van der Waals surface area contributed by atoms with Crippen LogP contribution in [0.2, 0.25) is 0 Å². The third-order valence-electron chi connectivity index (χ3n) is 1.83. The molecule has 1 aromatic carbocycles. The summed E-state index contributed by atoms with van der Waals surface area (Å²) in [5, 5.41) is 9.71. The normalized spacial score (nSPS) is 14.5. The van der Waals surface area contributed by atoms with E-state index < -0.39 is 5.60 Å². The lowest BCUT2D eigenvalue weighted by atomic mass is 9.97. The van der Waals surface area contributed by atoms with E-state index in [1.807, 2.05) is 30.3 Å². The van der Waals surface area contributed by atoms with Gasteiger partial charge in [0, 0.05) is 6.42 Å². The van der Waals surface area contributed by atoms with Gasteiger partial charge in [0.25, 0.3) is 0 Å². The van der Waals surface area contributed by atoms with Gasteiger partial charge in [0.1, 0.15) is 5.60 Å². The first kappa shape index (κ1) is 10.1. The minimum atomic E-state index is -1.22. The van der Waals surface area contributed by atoms with Gasteiger partial charge in [-0.25, -0.2) is 0 Å². The highest BCUT2D eigenvalue weighted by Crippen LogP contribution is 2.14. The highest BCUT2D eigenvalue weighted by molar-refractivity contribution is 6.18. The first-order valence-electron chi connectivity index (χ1n) is 4.00. The average molecular weight is 195 g/mol. The molecule has 1 nitrogen and oxygen atoms in total. The highest BCUT2D eigenvalue weighted by Gasteiger charge is 2.22. The minimum absolute atomic E-state index is 0.0540. The Bertz CT molecular complexity index is 302. The van der Waals surface area contributed by atoms with Gasteiger partial charge in [-0.15, -0.1) is 18.0 Å². The predicted molar refractivity (Wildman–Crippen MR) is 54.6 cm³/mol. The molecule has 1 atom stereocenters. The summed E-state index contributed by atoms with van der Waals surface area (Å²) in [7, 11) is 0. The maximum atomic E-state index is 9.71. The van der Waals surface area contributed by atoms with E-state index in [1.165, 1.54) is 0 Å². The van der Waals surface area contributed by atoms with Crippen molar-refractivity contribution in [1.29, 1.82) is 0 Å². The number of rotatable bonds is 3. The second-order valence-corrected chi connectivity index (χ2v) is 3.24. The second-order valence-electron chi connectivity index (χ2n) is 2.97. The van der Waals surface area contributed by atoms with Crippen LogP contribution in [-0.4, -0.2) is 16.6 Å². The second kappa shape index (κ2) is 4.32. The van der Waals surface area contributed by atoms with Gasteiger partial charge in [-0.3, -0.25) is 0 Å². The maximum Gasteiger partial charge on any atom is 0.142 e. The Hall–Kier alpha value is -0.970. The lowest BCUT2D eigenvalue weighted by molar-refractivity contribution is 0.126. The summed E-state index contributed by atoms with van der Waals surface area (Å²) in [5.74, 6) is 2.35. The molecule has 2 heteroatoms. The predicted octanol–water partition coefficient (Wildman–Crippen LogP) is 1.83. The monoisotopic (exact) mass is 194 g/mol. The third kappa shape index (κ3) is 2.77. The van der Waals surface area contributed by atoms with Gasteiger partial charge in [0.2, 0.25) is 0 Å². The molecule has 0 aliphatic heterocycles. The van der Waals surface area contributed by atoms with Crippen LogP contribution in [0.3, 0.4) is 0 Å². The molecule has 0 aliphatic carbocycles. The fourth-order valence-corrected chi connectivity index (χ4v) is 1.24. The van der Waals surface area contributed by atoms with Crippen molar-refractivity contribution >= 4 is 11.6 Å². The standard InChI is InChI=1S/C11H11ClO/c1-2-11(13,9-12)8-10-6-4-3-5-7-10/h1,3-7,13H,8-9H2. The highest BCUT2D eigenvalue weighted by atomic mass is 35.5. The maximum absolute atomic E-state index is 9.71. The fraction of sp³-hybridized carbons (Fsp3) is 0.273. The quantitative estimate of drug-likeness (QED) is 0.575. The lowest BCUT2D eigenvalue weighted by Crippen LogP contribution is -2.31. The van der Waals surface area contributed by atoms with Gasteiger partial charge < -0.3 is 5.11 Å². The van der Waals surface area contributed by atoms with Gasteiger partial charge in [-0.2, -0.15) is 0 Å². The van der Waals surface area contributed by atoms with E-state index in [0.717, 1.165) is 5.56 Å². The molecule has 1 N–H and O–H groups in total. The summed E-state index contributed by atoms with van der Waals surface area (Å²) in [6, 6.07) is 9.55. The molecule has 13 heavy (non-hydrogen) atoms. The molecule has 0 aromatic heterocycles. The van der Waals surface area contributed by atoms with Crippen LogP contribution in [0, 0.1) is 12.3 Å². The van der Waals surface area contributed by atoms with Gasteiger partial charge in [0.15, 0.2) is 0 Å². The van der Waals surface area contributed by atoms with Crippen molar-refractivity contribution in [2.45, 2.75) is 12.0 Å². The molecule has 0 aliphatic rings. The molecule has 1 aromatic rings. The van der Waals surface area contributed by atoms with Gasteiger partial charge in [-0.05, 0) is 5.56 Å². The molecule has 0 fully saturated rings. The van der Waals surface area contributed by atoms with Crippen molar-refractivity contribution in [3.05, 3.63) is 35.9 Å². The molecule has 1 unspecified atom stereocenters. The molecule has 0 heterocycles. The van der Waals surface area contributed by atoms with Gasteiger partial charge in [0.05, 0.1) is 5.88 Å². The number of halogens is 1. The van der Waals surface area contributed by atoms with Crippen molar-refractivity contribution < 1.29 is 5.11 Å². The summed E-state index contributed by atoms with van der Waals surface area (Å²) in [5.41, 5.74) is -0.230. The molecule has 0 saturated carbocycles. The molecular formula is C11H11ClO. The Labute approximate surface area is 83.4 Å². The summed E-state index contributed by atoms with van der Waals surface area (Å²) >= 11 is 5.57. The zero-order valence-corrected chi connectivity index (χ0v) is 7.96. The van der Waals surface area contributed by atoms with Crippen LogP contribution in [0.25, 0.3) is 0 Å². The zero-order chi connectivity index (χ0) is 9.73. The third-order valence-corrected chi connectivity index (χ3v) is 2.27. The van der Waals surface area contributed by atoms with Crippen molar-refractivity contribution in [2.24, 2.45) is 0 Å². The minimum Gasteiger partial charge on any atom is -0.376 e. The van der Waals surface area contributed by atoms with E-state index in [0.29, 0.717) is 6.42 Å². The Morgan fingerprint density at radius 2 is 2.00 bits per heavy atom. The molecule has 68 valence electrons. The molecule has 0 amide bonds. The van der Waals surface area contributed by atoms with E-state index in [1.54, 1.807) is 0 Å². The lowest BCUT2D eigenvalue weighted by Gasteiger charge is -2.18. The molecule has 0 saturated heterocycles. The van der Waals surface area contributed by atoms with Crippen molar-refractivity contribution in [3.8, 4) is 12.3 Å². The number of alkyl halides is 1. The molecule has 0 radical (unpaired) electrons. The van der Waals surface area contributed by atoms with Gasteiger partial charge >= 0.3 is 0 Å². The van der Waals surface area contributed by atoms with E-state index in [4.69, 9.17) is 18.0 Å². The summed E-state index contributed by atoms with van der Waals surface area (Å²) in [6.07, 6.45) is 5.58. The fourth-order valence-electron chi connectivity index (χ4n) is 1.07. The van der Waals surface area contributed by atoms with Crippen molar-refractivity contribution in [1.82, 2.24) is 0 Å². The van der Waals surface area contributed by atoms with E-state index in [-0.39, 0.29) is 5.88 Å². The van der Waals surface area contributed by atoms with Crippen LogP contribution in [0.1, 0.15) is 5.56 Å². The van der Waals surface area contributed by atoms with Crippen molar-refractivity contribution in [2.75, 3.05) is 5.88 Å². The largest absolute Gasteiger partial charge is 0.376 e. The van der Waals surface area contributed by atoms with Crippen molar-refractivity contribution in [3.63, 3.8) is 0 Å². The topological polar surface area (TPSA) is 20.2 Å². The number of aliphatic hydroxyl groups is 1. The zero-order valence-electron chi connectivity index (χ0n) is 7.20. The van der Waals surface area contributed by atoms with E-state index in [2.05, 4.69) is 5.92 Å². The molecule has 0 bridgehead atoms. The Morgan fingerprint density at radius 1 is 1.38 bits per heavy atom. The van der Waals surface area contributed by atoms with Crippen LogP contribution >= 0.6 is 11.6 Å². The van der Waals surface area contributed by atoms with Gasteiger partial charge in [-0.1, -0.05) is 36.3 Å². The first-order chi connectivity index (χ1) is 6.20. The van der Waals surface area contributed by atoms with E-state index in [9.17, 15) is 5.11 Å². The van der Waals surface area contributed by atoms with Crippen LogP contribution in [0.4, 0.5) is 0 Å². The first-order valence-corrected chi connectivity index (χ1v) is 4.54. The SMILES string of the molecule is C#CC(O)(CCl)Cc1ccccc1. The number of hydrogen-bond acceptors (Lipinski definition) is 1. The molecular weight excluding hydrogens is 184 g/mol. The number of terminal acetylenes is 1. The summed E-state index contributed by atoms with van der Waals surface area (Å²) in [6.45, 7) is 0. The van der Waals surface area contributed by atoms with Crippen LogP contribution in [-0.2, 0) is 6.42 Å². The summed E-state index contributed by atoms with van der Waals surface area (Å²) in [4.78, 5) is 0. The molecule has 0 spiro atoms. The molecule has 1 rings (SSSR count). The Kier molecular flexibility index (Phi) is 3.36. The smallest absolute Gasteiger partial charge is 0.142 e. The van der Waals surface area contributed by atoms with Crippen LogP contribution in [0.15, 0.2) is 30.3 Å². The number of hydrogen-bond donors (Lipinski definition) is 1. The number of benzene rings is 1. The Morgan fingerprint density at radius 3 is 2.46 bits per heavy atom. The van der Waals surface area contributed by atoms with E-state index >= 15 is 0 Å². The van der Waals surface area contributed by atoms with Crippen LogP contribution in [0.5, 0.6) is 0 Å². The van der Waals surface area contributed by atoms with Crippen LogP contribution < -0.4 is 0 Å². The Balaban J connectivity index is 2.75.